The second-order valence-corrected chi connectivity index (χ2v) is 4.65. The van der Waals surface area contributed by atoms with E-state index in [2.05, 4.69) is 11.9 Å². The Bertz CT molecular complexity index is 323. The zero-order chi connectivity index (χ0) is 13.6. The third kappa shape index (κ3) is 3.84. The first-order chi connectivity index (χ1) is 8.55. The van der Waals surface area contributed by atoms with Gasteiger partial charge in [-0.25, -0.2) is 4.79 Å². The Labute approximate surface area is 107 Å². The van der Waals surface area contributed by atoms with E-state index in [1.54, 1.807) is 6.08 Å². The lowest BCUT2D eigenvalue weighted by molar-refractivity contribution is -0.143. The van der Waals surface area contributed by atoms with Gasteiger partial charge in [-0.15, -0.1) is 6.58 Å². The molecule has 0 aliphatic heterocycles. The fourth-order valence-corrected chi connectivity index (χ4v) is 1.74. The molecule has 0 heterocycles. The minimum atomic E-state index is -1.00. The van der Waals surface area contributed by atoms with Crippen LogP contribution in [0.4, 0.5) is 0 Å². The Morgan fingerprint density at radius 2 is 2.22 bits per heavy atom. The van der Waals surface area contributed by atoms with E-state index < -0.39 is 17.4 Å². The number of ether oxygens (including phenoxy) is 1. The van der Waals surface area contributed by atoms with Crippen LogP contribution in [0.25, 0.3) is 0 Å². The maximum atomic E-state index is 12.0. The maximum absolute atomic E-state index is 12.0. The number of carboxylic acid groups (broad SMARTS) is 1. The predicted molar refractivity (Wildman–Crippen MR) is 67.2 cm³/mol. The monoisotopic (exact) mass is 255 g/mol. The number of carbonyl (C=O) groups excluding carboxylic acids is 1. The van der Waals surface area contributed by atoms with Gasteiger partial charge in [0, 0.05) is 6.61 Å². The van der Waals surface area contributed by atoms with Gasteiger partial charge >= 0.3 is 5.97 Å². The Kier molecular flexibility index (Phi) is 5.34. The predicted octanol–water partition coefficient (Wildman–Crippen LogP) is 1.34. The Balaban J connectivity index is 2.50. The third-order valence-corrected chi connectivity index (χ3v) is 3.18. The molecule has 0 bridgehead atoms. The van der Waals surface area contributed by atoms with Crippen LogP contribution in [-0.4, -0.2) is 36.2 Å². The van der Waals surface area contributed by atoms with Crippen molar-refractivity contribution in [2.24, 2.45) is 5.41 Å². The van der Waals surface area contributed by atoms with Crippen LogP contribution in [0.2, 0.25) is 0 Å². The molecule has 1 amide bonds. The molecule has 5 nitrogen and oxygen atoms in total. The molecule has 0 radical (unpaired) electrons. The molecule has 1 fully saturated rings. The number of allylic oxidation sites excluding steroid dienone is 1. The van der Waals surface area contributed by atoms with Crippen molar-refractivity contribution < 1.29 is 19.4 Å². The summed E-state index contributed by atoms with van der Waals surface area (Å²) in [6.07, 6.45) is 4.12. The average molecular weight is 255 g/mol. The van der Waals surface area contributed by atoms with Gasteiger partial charge in [0.15, 0.2) is 0 Å². The Hall–Kier alpha value is -1.36. The van der Waals surface area contributed by atoms with E-state index in [4.69, 9.17) is 9.84 Å². The quantitative estimate of drug-likeness (QED) is 0.610. The second kappa shape index (κ2) is 6.54. The number of amides is 1. The minimum absolute atomic E-state index is 0.201. The molecule has 0 aromatic heterocycles. The molecule has 1 rings (SSSR count). The van der Waals surface area contributed by atoms with Gasteiger partial charge < -0.3 is 15.2 Å². The van der Waals surface area contributed by atoms with Gasteiger partial charge in [0.2, 0.25) is 5.91 Å². The van der Waals surface area contributed by atoms with Gasteiger partial charge in [0.25, 0.3) is 0 Å². The number of hydrogen-bond donors (Lipinski definition) is 2. The van der Waals surface area contributed by atoms with Crippen molar-refractivity contribution in [1.82, 2.24) is 5.32 Å². The highest BCUT2D eigenvalue weighted by atomic mass is 16.5. The molecule has 0 aromatic carbocycles. The molecule has 102 valence electrons. The maximum Gasteiger partial charge on any atom is 0.326 e. The van der Waals surface area contributed by atoms with E-state index in [1.165, 1.54) is 0 Å². The van der Waals surface area contributed by atoms with E-state index >= 15 is 0 Å². The third-order valence-electron chi connectivity index (χ3n) is 3.18. The van der Waals surface area contributed by atoms with E-state index in [-0.39, 0.29) is 5.91 Å². The topological polar surface area (TPSA) is 75.6 Å². The molecule has 0 aromatic rings. The molecule has 1 atom stereocenters. The number of rotatable bonds is 9. The first kappa shape index (κ1) is 14.7. The van der Waals surface area contributed by atoms with Gasteiger partial charge in [-0.3, -0.25) is 4.79 Å². The second-order valence-electron chi connectivity index (χ2n) is 4.65. The summed E-state index contributed by atoms with van der Waals surface area (Å²) in [5.74, 6) is -1.20. The average Bonchev–Trinajstić information content (AvgIpc) is 3.12. The summed E-state index contributed by atoms with van der Waals surface area (Å²) >= 11 is 0. The number of carboxylic acids is 1. The van der Waals surface area contributed by atoms with Gasteiger partial charge in [-0.2, -0.15) is 0 Å². The fourth-order valence-electron chi connectivity index (χ4n) is 1.74. The zero-order valence-electron chi connectivity index (χ0n) is 10.8. The lowest BCUT2D eigenvalue weighted by Gasteiger charge is -2.19. The summed E-state index contributed by atoms with van der Waals surface area (Å²) in [4.78, 5) is 23.1. The SMILES string of the molecule is C=CCCC(NC(=O)C1(COCC)CC1)C(=O)O. The largest absolute Gasteiger partial charge is 0.480 e. The number of hydrogen-bond acceptors (Lipinski definition) is 3. The lowest BCUT2D eigenvalue weighted by Crippen LogP contribution is -2.45. The Morgan fingerprint density at radius 3 is 2.67 bits per heavy atom. The van der Waals surface area contributed by atoms with Gasteiger partial charge in [0.1, 0.15) is 6.04 Å². The van der Waals surface area contributed by atoms with E-state index in [0.717, 1.165) is 12.8 Å². The molecule has 1 aliphatic carbocycles. The van der Waals surface area contributed by atoms with Crippen LogP contribution in [0.15, 0.2) is 12.7 Å². The molecular formula is C13H21NO4. The van der Waals surface area contributed by atoms with Crippen LogP contribution in [0, 0.1) is 5.41 Å². The molecule has 18 heavy (non-hydrogen) atoms. The molecule has 1 unspecified atom stereocenters. The summed E-state index contributed by atoms with van der Waals surface area (Å²) in [7, 11) is 0. The van der Waals surface area contributed by atoms with Crippen molar-refractivity contribution in [3.8, 4) is 0 Å². The van der Waals surface area contributed by atoms with Crippen molar-refractivity contribution in [1.29, 1.82) is 0 Å². The number of carbonyl (C=O) groups is 2. The minimum Gasteiger partial charge on any atom is -0.480 e. The Morgan fingerprint density at radius 1 is 1.56 bits per heavy atom. The molecule has 0 saturated heterocycles. The highest BCUT2D eigenvalue weighted by Crippen LogP contribution is 2.46. The normalized spacial score (nSPS) is 17.8. The first-order valence-corrected chi connectivity index (χ1v) is 6.28. The van der Waals surface area contributed by atoms with Crippen molar-refractivity contribution in [3.05, 3.63) is 12.7 Å². The molecule has 0 spiro atoms. The zero-order valence-corrected chi connectivity index (χ0v) is 10.8. The van der Waals surface area contributed by atoms with Crippen LogP contribution < -0.4 is 5.32 Å². The molecule has 5 heteroatoms. The van der Waals surface area contributed by atoms with Gasteiger partial charge in [-0.05, 0) is 32.6 Å². The smallest absolute Gasteiger partial charge is 0.326 e. The van der Waals surface area contributed by atoms with E-state index in [0.29, 0.717) is 26.1 Å². The van der Waals surface area contributed by atoms with Crippen LogP contribution in [-0.2, 0) is 14.3 Å². The summed E-state index contributed by atoms with van der Waals surface area (Å²) in [6.45, 7) is 6.36. The fraction of sp³-hybridized carbons (Fsp3) is 0.692. The van der Waals surface area contributed by atoms with Crippen LogP contribution in [0.5, 0.6) is 0 Å². The molecular weight excluding hydrogens is 234 g/mol. The van der Waals surface area contributed by atoms with Crippen LogP contribution in [0.1, 0.15) is 32.6 Å². The standard InChI is InChI=1S/C13H21NO4/c1-3-5-6-10(11(15)16)14-12(17)13(7-8-13)9-18-4-2/h3,10H,1,4-9H2,2H3,(H,14,17)(H,15,16). The van der Waals surface area contributed by atoms with Crippen LogP contribution in [0.3, 0.4) is 0 Å². The summed E-state index contributed by atoms with van der Waals surface area (Å²) in [6, 6.07) is -0.838. The summed E-state index contributed by atoms with van der Waals surface area (Å²) in [5, 5.41) is 11.6. The van der Waals surface area contributed by atoms with Crippen molar-refractivity contribution in [3.63, 3.8) is 0 Å². The highest BCUT2D eigenvalue weighted by molar-refractivity contribution is 5.89. The number of nitrogens with one attached hydrogen (secondary N) is 1. The summed E-state index contributed by atoms with van der Waals surface area (Å²) < 4.78 is 5.28. The van der Waals surface area contributed by atoms with Gasteiger partial charge in [-0.1, -0.05) is 6.08 Å². The molecule has 1 aliphatic rings. The number of aliphatic carboxylic acids is 1. The summed E-state index contributed by atoms with van der Waals surface area (Å²) in [5.41, 5.74) is -0.488. The van der Waals surface area contributed by atoms with Crippen molar-refractivity contribution in [2.45, 2.75) is 38.6 Å². The van der Waals surface area contributed by atoms with Crippen molar-refractivity contribution >= 4 is 11.9 Å². The first-order valence-electron chi connectivity index (χ1n) is 6.28. The molecule has 1 saturated carbocycles. The van der Waals surface area contributed by atoms with E-state index in [9.17, 15) is 9.59 Å². The lowest BCUT2D eigenvalue weighted by atomic mass is 10.1. The van der Waals surface area contributed by atoms with Crippen LogP contribution >= 0.6 is 0 Å². The van der Waals surface area contributed by atoms with E-state index in [1.807, 2.05) is 6.92 Å². The van der Waals surface area contributed by atoms with Crippen molar-refractivity contribution in [2.75, 3.05) is 13.2 Å². The highest BCUT2D eigenvalue weighted by Gasteiger charge is 2.50. The molecule has 2 N–H and O–H groups in total. The van der Waals surface area contributed by atoms with Gasteiger partial charge in [0.05, 0.1) is 12.0 Å².